The fourth-order valence-electron chi connectivity index (χ4n) is 4.84. The minimum atomic E-state index is -0.726. The van der Waals surface area contributed by atoms with E-state index < -0.39 is 17.7 Å². The molecule has 0 aliphatic carbocycles. The van der Waals surface area contributed by atoms with Gasteiger partial charge in [-0.1, -0.05) is 12.1 Å². The van der Waals surface area contributed by atoms with E-state index in [2.05, 4.69) is 4.98 Å². The molecule has 0 unspecified atom stereocenters. The van der Waals surface area contributed by atoms with Crippen molar-refractivity contribution in [2.75, 3.05) is 13.7 Å². The highest BCUT2D eigenvalue weighted by atomic mass is 16.5. The number of imidazole rings is 1. The molecule has 3 heterocycles. The van der Waals surface area contributed by atoms with Crippen LogP contribution in [-0.4, -0.2) is 51.0 Å². The smallest absolute Gasteiger partial charge is 0.295 e. The molecule has 1 saturated heterocycles. The standard InChI is InChI=1S/C27H27N3O5/c1-17-13-20-14-19(7-8-22(20)35-17)25(31)23-24(18-5-3-6-21(15-18)34-2)30(27(33)26(23)32)11-4-10-29-12-9-28-16-29/h3,5-9,12,14-17,24,31H,4,10-11,13H2,1-2H3/t17-,24+/m1/s1. The van der Waals surface area contributed by atoms with Gasteiger partial charge in [0.1, 0.15) is 23.4 Å². The number of aryl methyl sites for hydroxylation is 1. The van der Waals surface area contributed by atoms with Gasteiger partial charge in [-0.15, -0.1) is 0 Å². The van der Waals surface area contributed by atoms with E-state index in [0.717, 1.165) is 17.7 Å². The summed E-state index contributed by atoms with van der Waals surface area (Å²) in [5.74, 6) is -0.115. The Hall–Kier alpha value is -4.07. The van der Waals surface area contributed by atoms with Crippen LogP contribution in [0.15, 0.2) is 66.8 Å². The normalized spacial score (nSPS) is 20.7. The zero-order chi connectivity index (χ0) is 24.5. The Kier molecular flexibility index (Phi) is 6.03. The van der Waals surface area contributed by atoms with Crippen LogP contribution in [0.25, 0.3) is 5.76 Å². The second kappa shape index (κ2) is 9.29. The molecule has 1 fully saturated rings. The van der Waals surface area contributed by atoms with E-state index in [0.29, 0.717) is 36.4 Å². The third kappa shape index (κ3) is 4.27. The molecule has 1 amide bonds. The maximum atomic E-state index is 13.3. The van der Waals surface area contributed by atoms with Gasteiger partial charge in [-0.05, 0) is 54.8 Å². The summed E-state index contributed by atoms with van der Waals surface area (Å²) in [5, 5.41) is 11.4. The molecule has 8 nitrogen and oxygen atoms in total. The number of aromatic nitrogens is 2. The van der Waals surface area contributed by atoms with Crippen LogP contribution in [0, 0.1) is 0 Å². The van der Waals surface area contributed by atoms with Crippen LogP contribution in [0.4, 0.5) is 0 Å². The number of ketones is 1. The first-order valence-electron chi connectivity index (χ1n) is 11.6. The molecule has 2 aromatic carbocycles. The van der Waals surface area contributed by atoms with Gasteiger partial charge in [0.05, 0.1) is 25.1 Å². The van der Waals surface area contributed by atoms with Crippen molar-refractivity contribution < 1.29 is 24.2 Å². The number of rotatable bonds is 7. The second-order valence-electron chi connectivity index (χ2n) is 8.88. The molecule has 8 heteroatoms. The largest absolute Gasteiger partial charge is 0.507 e. The van der Waals surface area contributed by atoms with Gasteiger partial charge < -0.3 is 24.0 Å². The molecule has 180 valence electrons. The third-order valence-corrected chi connectivity index (χ3v) is 6.49. The lowest BCUT2D eigenvalue weighted by Crippen LogP contribution is -2.31. The minimum absolute atomic E-state index is 0.0558. The Labute approximate surface area is 203 Å². The Morgan fingerprint density at radius 1 is 1.20 bits per heavy atom. The number of aliphatic hydroxyl groups is 1. The molecule has 5 rings (SSSR count). The van der Waals surface area contributed by atoms with Crippen molar-refractivity contribution in [1.29, 1.82) is 0 Å². The van der Waals surface area contributed by atoms with E-state index in [9.17, 15) is 14.7 Å². The summed E-state index contributed by atoms with van der Waals surface area (Å²) in [6.07, 6.45) is 6.67. The molecule has 3 aromatic rings. The van der Waals surface area contributed by atoms with Crippen molar-refractivity contribution in [2.24, 2.45) is 0 Å². The monoisotopic (exact) mass is 473 g/mol. The van der Waals surface area contributed by atoms with Crippen molar-refractivity contribution in [1.82, 2.24) is 14.5 Å². The number of likely N-dealkylation sites (tertiary alicyclic amines) is 1. The Morgan fingerprint density at radius 2 is 2.06 bits per heavy atom. The molecule has 0 bridgehead atoms. The van der Waals surface area contributed by atoms with Crippen LogP contribution in [-0.2, 0) is 22.6 Å². The molecule has 0 radical (unpaired) electrons. The summed E-state index contributed by atoms with van der Waals surface area (Å²) in [5.41, 5.74) is 2.24. The number of nitrogens with zero attached hydrogens (tertiary/aromatic N) is 3. The first-order chi connectivity index (χ1) is 17.0. The van der Waals surface area contributed by atoms with Crippen molar-refractivity contribution in [3.63, 3.8) is 0 Å². The maximum Gasteiger partial charge on any atom is 0.295 e. The number of carbonyl (C=O) groups excluding carboxylic acids is 2. The zero-order valence-corrected chi connectivity index (χ0v) is 19.7. The lowest BCUT2D eigenvalue weighted by Gasteiger charge is -2.25. The number of benzene rings is 2. The summed E-state index contributed by atoms with van der Waals surface area (Å²) >= 11 is 0. The van der Waals surface area contributed by atoms with Gasteiger partial charge in [-0.2, -0.15) is 0 Å². The highest BCUT2D eigenvalue weighted by Crippen LogP contribution is 2.41. The number of methoxy groups -OCH3 is 1. The quantitative estimate of drug-likeness (QED) is 0.319. The average Bonchev–Trinajstić information content (AvgIpc) is 3.57. The third-order valence-electron chi connectivity index (χ3n) is 6.49. The highest BCUT2D eigenvalue weighted by molar-refractivity contribution is 6.46. The van der Waals surface area contributed by atoms with Crippen LogP contribution < -0.4 is 9.47 Å². The van der Waals surface area contributed by atoms with Gasteiger partial charge in [-0.3, -0.25) is 9.59 Å². The Morgan fingerprint density at radius 3 is 2.83 bits per heavy atom. The van der Waals surface area contributed by atoms with E-state index in [-0.39, 0.29) is 17.4 Å². The molecule has 1 aromatic heterocycles. The number of Topliss-reactive ketones (excluding diaryl/α,β-unsaturated/α-hetero) is 1. The first kappa shape index (κ1) is 22.7. The van der Waals surface area contributed by atoms with Gasteiger partial charge in [0.25, 0.3) is 11.7 Å². The lowest BCUT2D eigenvalue weighted by atomic mass is 9.94. The van der Waals surface area contributed by atoms with Crippen molar-refractivity contribution in [2.45, 2.75) is 38.5 Å². The molecular weight excluding hydrogens is 446 g/mol. The van der Waals surface area contributed by atoms with Gasteiger partial charge >= 0.3 is 0 Å². The van der Waals surface area contributed by atoms with Gasteiger partial charge in [0.15, 0.2) is 0 Å². The molecule has 0 spiro atoms. The molecule has 1 N–H and O–H groups in total. The van der Waals surface area contributed by atoms with E-state index >= 15 is 0 Å². The zero-order valence-electron chi connectivity index (χ0n) is 19.7. The van der Waals surface area contributed by atoms with Crippen LogP contribution in [0.5, 0.6) is 11.5 Å². The minimum Gasteiger partial charge on any atom is -0.507 e. The predicted molar refractivity (Wildman–Crippen MR) is 129 cm³/mol. The van der Waals surface area contributed by atoms with E-state index in [1.807, 2.05) is 35.9 Å². The summed E-state index contributed by atoms with van der Waals surface area (Å²) in [6, 6.07) is 11.9. The lowest BCUT2D eigenvalue weighted by molar-refractivity contribution is -0.139. The molecule has 0 saturated carbocycles. The summed E-state index contributed by atoms with van der Waals surface area (Å²) < 4.78 is 13.1. The van der Waals surface area contributed by atoms with Gasteiger partial charge in [-0.25, -0.2) is 4.98 Å². The second-order valence-corrected chi connectivity index (χ2v) is 8.88. The molecule has 2 aliphatic rings. The summed E-state index contributed by atoms with van der Waals surface area (Å²) in [6.45, 7) is 2.98. The van der Waals surface area contributed by atoms with Crippen LogP contribution >= 0.6 is 0 Å². The fourth-order valence-corrected chi connectivity index (χ4v) is 4.84. The van der Waals surface area contributed by atoms with Crippen molar-refractivity contribution in [3.8, 4) is 11.5 Å². The van der Waals surface area contributed by atoms with E-state index in [1.165, 1.54) is 4.90 Å². The van der Waals surface area contributed by atoms with Crippen LogP contribution in [0.1, 0.15) is 36.1 Å². The van der Waals surface area contributed by atoms with Gasteiger partial charge in [0, 0.05) is 37.5 Å². The van der Waals surface area contributed by atoms with E-state index in [4.69, 9.17) is 9.47 Å². The van der Waals surface area contributed by atoms with E-state index in [1.54, 1.807) is 43.9 Å². The van der Waals surface area contributed by atoms with Crippen LogP contribution in [0.2, 0.25) is 0 Å². The number of aliphatic hydroxyl groups excluding tert-OH is 1. The Balaban J connectivity index is 1.54. The SMILES string of the molecule is COc1cccc([C@H]2C(=C(O)c3ccc4c(c3)C[C@@H](C)O4)C(=O)C(=O)N2CCCn2ccnc2)c1. The van der Waals surface area contributed by atoms with Crippen molar-refractivity contribution >= 4 is 17.4 Å². The van der Waals surface area contributed by atoms with Gasteiger partial charge in [0.2, 0.25) is 0 Å². The number of hydrogen-bond acceptors (Lipinski definition) is 6. The topological polar surface area (TPSA) is 93.9 Å². The predicted octanol–water partition coefficient (Wildman–Crippen LogP) is 3.73. The highest BCUT2D eigenvalue weighted by Gasteiger charge is 2.46. The number of fused-ring (bicyclic) bond motifs is 1. The number of hydrogen-bond donors (Lipinski definition) is 1. The molecular formula is C27H27N3O5. The van der Waals surface area contributed by atoms with Crippen molar-refractivity contribution in [3.05, 3.63) is 83.4 Å². The fraction of sp³-hybridized carbons (Fsp3) is 0.296. The number of ether oxygens (including phenoxy) is 2. The maximum absolute atomic E-state index is 13.3. The molecule has 2 atom stereocenters. The number of amides is 1. The van der Waals surface area contributed by atoms with Crippen LogP contribution in [0.3, 0.4) is 0 Å². The molecule has 35 heavy (non-hydrogen) atoms. The molecule has 2 aliphatic heterocycles. The first-order valence-corrected chi connectivity index (χ1v) is 11.6. The number of carbonyl (C=O) groups is 2. The summed E-state index contributed by atoms with van der Waals surface area (Å²) in [4.78, 5) is 32.0. The average molecular weight is 474 g/mol. The summed E-state index contributed by atoms with van der Waals surface area (Å²) in [7, 11) is 1.56. The Bertz CT molecular complexity index is 1300.